The number of anilines is 1. The quantitative estimate of drug-likeness (QED) is 0.569. The molecule has 0 amide bonds. The number of nitrogens with one attached hydrogen (secondary N) is 1. The molecule has 0 bridgehead atoms. The largest absolute Gasteiger partial charge is 0.375 e. The number of aryl methyl sites for hydroxylation is 1. The summed E-state index contributed by atoms with van der Waals surface area (Å²) in [5, 5.41) is 4.30. The van der Waals surface area contributed by atoms with Crippen molar-refractivity contribution in [3.8, 4) is 0 Å². The van der Waals surface area contributed by atoms with Gasteiger partial charge in [0, 0.05) is 56.6 Å². The van der Waals surface area contributed by atoms with Gasteiger partial charge in [0.2, 0.25) is 0 Å². The Balaban J connectivity index is 1.36. The fraction of sp³-hybridized carbons (Fsp3) is 0.696. The van der Waals surface area contributed by atoms with Crippen molar-refractivity contribution in [1.29, 1.82) is 0 Å². The van der Waals surface area contributed by atoms with E-state index in [9.17, 15) is 0 Å². The molecule has 3 aliphatic rings. The summed E-state index contributed by atoms with van der Waals surface area (Å²) in [4.78, 5) is 9.84. The number of hydrogen-bond donors (Lipinski definition) is 1. The number of hydrogen-bond acceptors (Lipinski definition) is 4. The van der Waals surface area contributed by atoms with Crippen LogP contribution >= 0.6 is 11.6 Å². The molecular weight excluding hydrogens is 400 g/mol. The maximum atomic E-state index is 6.23. The summed E-state index contributed by atoms with van der Waals surface area (Å²) in [5.41, 5.74) is 2.54. The molecule has 0 radical (unpaired) electrons. The van der Waals surface area contributed by atoms with Crippen molar-refractivity contribution in [1.82, 2.24) is 10.2 Å². The number of halogens is 1. The van der Waals surface area contributed by atoms with E-state index in [1.54, 1.807) is 0 Å². The van der Waals surface area contributed by atoms with E-state index >= 15 is 0 Å². The molecule has 166 valence electrons. The molecule has 30 heavy (non-hydrogen) atoms. The third-order valence-electron chi connectivity index (χ3n) is 6.40. The predicted molar refractivity (Wildman–Crippen MR) is 123 cm³/mol. The van der Waals surface area contributed by atoms with Crippen LogP contribution in [-0.4, -0.2) is 75.5 Å². The van der Waals surface area contributed by atoms with Gasteiger partial charge in [0.1, 0.15) is 6.10 Å². The summed E-state index contributed by atoms with van der Waals surface area (Å²) in [6.07, 6.45) is 3.80. The van der Waals surface area contributed by atoms with Crippen molar-refractivity contribution in [3.63, 3.8) is 0 Å². The van der Waals surface area contributed by atoms with Crippen LogP contribution in [0.3, 0.4) is 0 Å². The topological polar surface area (TPSA) is 49.3 Å². The van der Waals surface area contributed by atoms with Crippen LogP contribution in [-0.2, 0) is 9.47 Å². The minimum atomic E-state index is 0.151. The van der Waals surface area contributed by atoms with Gasteiger partial charge in [0.15, 0.2) is 5.96 Å². The highest BCUT2D eigenvalue weighted by molar-refractivity contribution is 6.30. The summed E-state index contributed by atoms with van der Waals surface area (Å²) in [6, 6.07) is 6.16. The molecule has 0 aliphatic carbocycles. The standard InChI is InChI=1S/C23H35ClN4O2/c1-3-25-23(28-10-12-30-22(16-28)21-5-4-11-29-21)26-14-18-8-9-27(15-18)20-13-19(24)7-6-17(20)2/h6-7,13,18,21-22H,3-5,8-12,14-16H2,1-2H3,(H,25,26). The van der Waals surface area contributed by atoms with Crippen LogP contribution in [0.1, 0.15) is 31.7 Å². The Labute approximate surface area is 185 Å². The fourth-order valence-corrected chi connectivity index (χ4v) is 4.92. The lowest BCUT2D eigenvalue weighted by molar-refractivity contribution is -0.0817. The first-order valence-electron chi connectivity index (χ1n) is 11.4. The molecule has 1 N–H and O–H groups in total. The van der Waals surface area contributed by atoms with Crippen molar-refractivity contribution < 1.29 is 9.47 Å². The molecule has 1 aromatic carbocycles. The molecule has 0 aromatic heterocycles. The second kappa shape index (κ2) is 10.2. The van der Waals surface area contributed by atoms with Gasteiger partial charge in [-0.25, -0.2) is 0 Å². The van der Waals surface area contributed by atoms with Crippen LogP contribution in [0.25, 0.3) is 0 Å². The van der Waals surface area contributed by atoms with Crippen molar-refractivity contribution in [2.75, 3.05) is 57.4 Å². The summed E-state index contributed by atoms with van der Waals surface area (Å²) < 4.78 is 11.9. The second-order valence-corrected chi connectivity index (χ2v) is 9.07. The van der Waals surface area contributed by atoms with Gasteiger partial charge in [-0.3, -0.25) is 4.99 Å². The monoisotopic (exact) mass is 434 g/mol. The molecule has 3 unspecified atom stereocenters. The Morgan fingerprint density at radius 1 is 1.17 bits per heavy atom. The summed E-state index contributed by atoms with van der Waals surface area (Å²) in [6.45, 7) is 11.4. The van der Waals surface area contributed by atoms with Crippen molar-refractivity contribution in [2.24, 2.45) is 10.9 Å². The maximum Gasteiger partial charge on any atom is 0.194 e. The van der Waals surface area contributed by atoms with Gasteiger partial charge in [-0.2, -0.15) is 0 Å². The lowest BCUT2D eigenvalue weighted by Gasteiger charge is -2.37. The first-order valence-corrected chi connectivity index (χ1v) is 11.8. The average Bonchev–Trinajstić information content (AvgIpc) is 3.45. The van der Waals surface area contributed by atoms with E-state index in [1.807, 2.05) is 6.07 Å². The smallest absolute Gasteiger partial charge is 0.194 e. The minimum Gasteiger partial charge on any atom is -0.375 e. The number of guanidine groups is 1. The molecular formula is C23H35ClN4O2. The van der Waals surface area contributed by atoms with E-state index in [-0.39, 0.29) is 12.2 Å². The SMILES string of the molecule is CCNC(=NCC1CCN(c2cc(Cl)ccc2C)C1)N1CCOC(C2CCCO2)C1. The molecule has 0 spiro atoms. The first-order chi connectivity index (χ1) is 14.6. The molecule has 3 saturated heterocycles. The molecule has 6 nitrogen and oxygen atoms in total. The number of nitrogens with zero attached hydrogens (tertiary/aromatic N) is 3. The lowest BCUT2D eigenvalue weighted by Crippen LogP contribution is -2.53. The summed E-state index contributed by atoms with van der Waals surface area (Å²) in [5.74, 6) is 1.58. The molecule has 0 saturated carbocycles. The van der Waals surface area contributed by atoms with Gasteiger partial charge in [-0.15, -0.1) is 0 Å². The minimum absolute atomic E-state index is 0.151. The zero-order valence-electron chi connectivity index (χ0n) is 18.3. The third-order valence-corrected chi connectivity index (χ3v) is 6.64. The molecule has 1 aromatic rings. The lowest BCUT2D eigenvalue weighted by atomic mass is 10.1. The first kappa shape index (κ1) is 21.7. The van der Waals surface area contributed by atoms with Gasteiger partial charge in [-0.05, 0) is 56.7 Å². The Hall–Kier alpha value is -1.50. The van der Waals surface area contributed by atoms with Gasteiger partial charge in [0.05, 0.1) is 12.7 Å². The highest BCUT2D eigenvalue weighted by atomic mass is 35.5. The molecule has 4 rings (SSSR count). The zero-order valence-corrected chi connectivity index (χ0v) is 19.0. The number of benzene rings is 1. The van der Waals surface area contributed by atoms with Crippen LogP contribution in [0, 0.1) is 12.8 Å². The van der Waals surface area contributed by atoms with E-state index in [1.165, 1.54) is 11.3 Å². The molecule has 3 heterocycles. The number of rotatable bonds is 5. The van der Waals surface area contributed by atoms with E-state index in [0.29, 0.717) is 5.92 Å². The van der Waals surface area contributed by atoms with E-state index < -0.39 is 0 Å². The van der Waals surface area contributed by atoms with Gasteiger partial charge in [0.25, 0.3) is 0 Å². The van der Waals surface area contributed by atoms with Gasteiger partial charge >= 0.3 is 0 Å². The molecule has 3 fully saturated rings. The molecule has 7 heteroatoms. The average molecular weight is 435 g/mol. The van der Waals surface area contributed by atoms with Crippen molar-refractivity contribution in [2.45, 2.75) is 45.3 Å². The normalized spacial score (nSPS) is 27.7. The Bertz CT molecular complexity index is 738. The highest BCUT2D eigenvalue weighted by Crippen LogP contribution is 2.29. The number of ether oxygens (including phenoxy) is 2. The van der Waals surface area contributed by atoms with Gasteiger partial charge in [-0.1, -0.05) is 17.7 Å². The zero-order chi connectivity index (χ0) is 20.9. The maximum absolute atomic E-state index is 6.23. The second-order valence-electron chi connectivity index (χ2n) is 8.63. The summed E-state index contributed by atoms with van der Waals surface area (Å²) in [7, 11) is 0. The Morgan fingerprint density at radius 2 is 2.03 bits per heavy atom. The van der Waals surface area contributed by atoms with Crippen LogP contribution in [0.5, 0.6) is 0 Å². The van der Waals surface area contributed by atoms with Crippen molar-refractivity contribution in [3.05, 3.63) is 28.8 Å². The molecule has 3 atom stereocenters. The predicted octanol–water partition coefficient (Wildman–Crippen LogP) is 3.32. The van der Waals surface area contributed by atoms with E-state index in [0.717, 1.165) is 82.7 Å². The van der Waals surface area contributed by atoms with Crippen LogP contribution < -0.4 is 10.2 Å². The van der Waals surface area contributed by atoms with Crippen LogP contribution in [0.4, 0.5) is 5.69 Å². The highest BCUT2D eigenvalue weighted by Gasteiger charge is 2.32. The fourth-order valence-electron chi connectivity index (χ4n) is 4.75. The third kappa shape index (κ3) is 5.21. The Morgan fingerprint density at radius 3 is 2.83 bits per heavy atom. The summed E-state index contributed by atoms with van der Waals surface area (Å²) >= 11 is 6.23. The van der Waals surface area contributed by atoms with Crippen molar-refractivity contribution >= 4 is 23.2 Å². The van der Waals surface area contributed by atoms with Gasteiger partial charge < -0.3 is 24.6 Å². The van der Waals surface area contributed by atoms with Crippen LogP contribution in [0.2, 0.25) is 5.02 Å². The van der Waals surface area contributed by atoms with Crippen LogP contribution in [0.15, 0.2) is 23.2 Å². The Kier molecular flexibility index (Phi) is 7.39. The van der Waals surface area contributed by atoms with E-state index in [2.05, 4.69) is 41.1 Å². The molecule has 3 aliphatic heterocycles. The number of aliphatic imine (C=N–C) groups is 1. The van der Waals surface area contributed by atoms with E-state index in [4.69, 9.17) is 26.1 Å². The number of morpholine rings is 1.